The molecule has 0 saturated carbocycles. The van der Waals surface area contributed by atoms with Gasteiger partial charge < -0.3 is 0 Å². The molecule has 0 radical (unpaired) electrons. The number of unbranched alkanes of at least 4 members (excludes halogenated alkanes) is 3. The van der Waals surface area contributed by atoms with E-state index in [9.17, 15) is 14.4 Å². The van der Waals surface area contributed by atoms with E-state index in [-0.39, 0.29) is 0 Å². The van der Waals surface area contributed by atoms with Crippen molar-refractivity contribution in [1.29, 1.82) is 0 Å². The van der Waals surface area contributed by atoms with Crippen LogP contribution in [0.1, 0.15) is 25.7 Å². The molecule has 6 nitrogen and oxygen atoms in total. The molecule has 98 valence electrons. The molecule has 0 aliphatic carbocycles. The molecule has 0 amide bonds. The molecule has 0 aliphatic rings. The summed E-state index contributed by atoms with van der Waals surface area (Å²) < 4.78 is 0. The van der Waals surface area contributed by atoms with Crippen LogP contribution in [0.5, 0.6) is 0 Å². The quantitative estimate of drug-likeness (QED) is 0.270. The Morgan fingerprint density at radius 1 is 0.778 bits per heavy atom. The van der Waals surface area contributed by atoms with E-state index in [1.807, 2.05) is 0 Å². The summed E-state index contributed by atoms with van der Waals surface area (Å²) in [6, 6.07) is 0. The van der Waals surface area contributed by atoms with Gasteiger partial charge in [-0.2, -0.15) is 0 Å². The Morgan fingerprint density at radius 3 is 1.50 bits per heavy atom. The minimum absolute atomic E-state index is 0.378. The highest BCUT2D eigenvalue weighted by molar-refractivity contribution is 5.33. The first-order valence-electron chi connectivity index (χ1n) is 5.55. The molecule has 6 heteroatoms. The van der Waals surface area contributed by atoms with Crippen molar-refractivity contribution in [2.75, 3.05) is 19.6 Å². The lowest BCUT2D eigenvalue weighted by Gasteiger charge is -1.93. The fraction of sp³-hybridized carbons (Fsp3) is 0.583. The molecule has 0 aromatic heterocycles. The van der Waals surface area contributed by atoms with Crippen LogP contribution >= 0.6 is 0 Å². The smallest absolute Gasteiger partial charge is 0.211 e. The molecule has 0 spiro atoms. The third kappa shape index (κ3) is 23.6. The molecule has 0 aromatic carbocycles. The molecule has 0 N–H and O–H groups in total. The van der Waals surface area contributed by atoms with Gasteiger partial charge in [0.2, 0.25) is 18.2 Å². The first-order chi connectivity index (χ1) is 8.83. The fourth-order valence-corrected chi connectivity index (χ4v) is 0.928. The van der Waals surface area contributed by atoms with E-state index < -0.39 is 0 Å². The predicted octanol–water partition coefficient (Wildman–Crippen LogP) is 1.73. The first-order valence-corrected chi connectivity index (χ1v) is 5.55. The van der Waals surface area contributed by atoms with Gasteiger partial charge in [-0.1, -0.05) is 18.9 Å². The molecule has 0 heterocycles. The Labute approximate surface area is 106 Å². The zero-order valence-corrected chi connectivity index (χ0v) is 10.3. The lowest BCUT2D eigenvalue weighted by atomic mass is 10.2. The number of isocyanates is 3. The number of nitrogens with zero attached hydrogens (tertiary/aromatic N) is 3. The van der Waals surface area contributed by atoms with Crippen LogP contribution in [0, 0.1) is 0 Å². The summed E-state index contributed by atoms with van der Waals surface area (Å²) in [6.45, 7) is 4.82. The summed E-state index contributed by atoms with van der Waals surface area (Å²) in [5.74, 6) is 0. The van der Waals surface area contributed by atoms with Gasteiger partial charge in [-0.3, -0.25) is 0 Å². The Balaban J connectivity index is 0. The monoisotopic (exact) mass is 251 g/mol. The van der Waals surface area contributed by atoms with Crippen LogP contribution in [-0.2, 0) is 14.4 Å². The second-order valence-corrected chi connectivity index (χ2v) is 3.08. The topological polar surface area (TPSA) is 88.3 Å². The van der Waals surface area contributed by atoms with Crippen LogP contribution in [-0.4, -0.2) is 37.9 Å². The van der Waals surface area contributed by atoms with Gasteiger partial charge in [0, 0.05) is 0 Å². The van der Waals surface area contributed by atoms with E-state index in [1.165, 1.54) is 24.3 Å². The van der Waals surface area contributed by atoms with Gasteiger partial charge in [0.15, 0.2) is 0 Å². The van der Waals surface area contributed by atoms with Gasteiger partial charge in [0.05, 0.1) is 19.6 Å². The van der Waals surface area contributed by atoms with E-state index in [0.717, 1.165) is 25.7 Å². The molecule has 0 saturated heterocycles. The fourth-order valence-electron chi connectivity index (χ4n) is 0.928. The maximum atomic E-state index is 9.63. The van der Waals surface area contributed by atoms with Gasteiger partial charge in [-0.25, -0.2) is 29.4 Å². The molecule has 0 fully saturated rings. The van der Waals surface area contributed by atoms with Gasteiger partial charge in [-0.05, 0) is 12.8 Å². The van der Waals surface area contributed by atoms with Crippen LogP contribution in [0.3, 0.4) is 0 Å². The summed E-state index contributed by atoms with van der Waals surface area (Å²) in [6.07, 6.45) is 9.71. The average Bonchev–Trinajstić information content (AvgIpc) is 2.40. The molecule has 0 aliphatic heterocycles. The van der Waals surface area contributed by atoms with Gasteiger partial charge in [0.25, 0.3) is 0 Å². The van der Waals surface area contributed by atoms with Gasteiger partial charge in [-0.15, -0.1) is 6.58 Å². The van der Waals surface area contributed by atoms with E-state index in [2.05, 4.69) is 21.6 Å². The van der Waals surface area contributed by atoms with Crippen molar-refractivity contribution in [3.8, 4) is 0 Å². The molecule has 0 rings (SSSR count). The highest BCUT2D eigenvalue weighted by atomic mass is 16.1. The van der Waals surface area contributed by atoms with Crippen molar-refractivity contribution in [3.05, 3.63) is 12.7 Å². The second-order valence-electron chi connectivity index (χ2n) is 3.08. The van der Waals surface area contributed by atoms with Gasteiger partial charge in [0.1, 0.15) is 0 Å². The van der Waals surface area contributed by atoms with Crippen molar-refractivity contribution < 1.29 is 14.4 Å². The largest absolute Gasteiger partial charge is 0.235 e. The maximum Gasteiger partial charge on any atom is 0.235 e. The Morgan fingerprint density at radius 2 is 1.22 bits per heavy atom. The zero-order chi connectivity index (χ0) is 13.9. The van der Waals surface area contributed by atoms with Crippen LogP contribution in [0.2, 0.25) is 0 Å². The van der Waals surface area contributed by atoms with Crippen molar-refractivity contribution in [3.63, 3.8) is 0 Å². The average molecular weight is 251 g/mol. The normalized spacial score (nSPS) is 7.56. The summed E-state index contributed by atoms with van der Waals surface area (Å²) in [5.41, 5.74) is 0. The number of carbonyl (C=O) groups excluding carboxylic acids is 3. The lowest BCUT2D eigenvalue weighted by molar-refractivity contribution is 0.558. The first kappa shape index (κ1) is 18.3. The van der Waals surface area contributed by atoms with E-state index in [1.54, 1.807) is 0 Å². The molecule has 18 heavy (non-hydrogen) atoms. The molecular weight excluding hydrogens is 234 g/mol. The predicted molar refractivity (Wildman–Crippen MR) is 67.6 cm³/mol. The molecule has 0 aromatic rings. The number of rotatable bonds is 9. The Hall–Kier alpha value is -2.12. The highest BCUT2D eigenvalue weighted by Gasteiger charge is 1.87. The third-order valence-corrected chi connectivity index (χ3v) is 1.70. The summed E-state index contributed by atoms with van der Waals surface area (Å²) in [7, 11) is 0. The Bertz CT molecular complexity index is 314. The van der Waals surface area contributed by atoms with Crippen molar-refractivity contribution in [2.24, 2.45) is 15.0 Å². The van der Waals surface area contributed by atoms with Crippen molar-refractivity contribution >= 4 is 18.2 Å². The SMILES string of the molecule is C=CCN=C=O.O=C=NCCCCCCN=C=O. The summed E-state index contributed by atoms with van der Waals surface area (Å²) >= 11 is 0. The summed E-state index contributed by atoms with van der Waals surface area (Å²) in [5, 5.41) is 0. The third-order valence-electron chi connectivity index (χ3n) is 1.70. The standard InChI is InChI=1S/C8H12N2O2.C4H5NO/c11-7-9-5-3-1-2-4-6-10-8-12;1-2-3-5-4-6/h1-6H2;2H,1,3H2. The van der Waals surface area contributed by atoms with E-state index >= 15 is 0 Å². The minimum atomic E-state index is 0.378. The molecule has 0 bridgehead atoms. The molecular formula is C12H17N3O3. The number of aliphatic imine (C=N–C) groups is 3. The van der Waals surface area contributed by atoms with E-state index in [4.69, 9.17) is 0 Å². The summed E-state index contributed by atoms with van der Waals surface area (Å²) in [4.78, 5) is 38.5. The number of hydrogen-bond donors (Lipinski definition) is 0. The van der Waals surface area contributed by atoms with E-state index in [0.29, 0.717) is 19.6 Å². The lowest BCUT2D eigenvalue weighted by Crippen LogP contribution is -1.84. The highest BCUT2D eigenvalue weighted by Crippen LogP contribution is 1.99. The van der Waals surface area contributed by atoms with Crippen molar-refractivity contribution in [1.82, 2.24) is 0 Å². The van der Waals surface area contributed by atoms with Crippen LogP contribution in [0.15, 0.2) is 27.6 Å². The van der Waals surface area contributed by atoms with Crippen LogP contribution < -0.4 is 0 Å². The maximum absolute atomic E-state index is 9.63. The van der Waals surface area contributed by atoms with Crippen LogP contribution in [0.4, 0.5) is 0 Å². The zero-order valence-electron chi connectivity index (χ0n) is 10.3. The number of hydrogen-bond acceptors (Lipinski definition) is 6. The minimum Gasteiger partial charge on any atom is -0.211 e. The van der Waals surface area contributed by atoms with Crippen LogP contribution in [0.25, 0.3) is 0 Å². The second kappa shape index (κ2) is 20.3. The van der Waals surface area contributed by atoms with Gasteiger partial charge >= 0.3 is 0 Å². The Kier molecular flexibility index (Phi) is 20.6. The molecule has 0 unspecified atom stereocenters. The van der Waals surface area contributed by atoms with Crippen molar-refractivity contribution in [2.45, 2.75) is 25.7 Å². The molecule has 0 atom stereocenters.